The zero-order valence-corrected chi connectivity index (χ0v) is 15.8. The monoisotopic (exact) mass is 390 g/mol. The van der Waals surface area contributed by atoms with E-state index in [0.29, 0.717) is 48.1 Å². The van der Waals surface area contributed by atoms with E-state index in [-0.39, 0.29) is 17.7 Å². The Bertz CT molecular complexity index is 788. The van der Waals surface area contributed by atoms with Crippen LogP contribution in [0.1, 0.15) is 28.8 Å². The van der Waals surface area contributed by atoms with Crippen LogP contribution in [0.3, 0.4) is 0 Å². The van der Waals surface area contributed by atoms with E-state index in [9.17, 15) is 9.59 Å². The van der Waals surface area contributed by atoms with Gasteiger partial charge >= 0.3 is 0 Å². The number of halogens is 2. The van der Waals surface area contributed by atoms with Crippen LogP contribution in [0.4, 0.5) is 0 Å². The molecule has 26 heavy (non-hydrogen) atoms. The summed E-state index contributed by atoms with van der Waals surface area (Å²) in [5, 5.41) is 3.83. The minimum atomic E-state index is -0.116. The van der Waals surface area contributed by atoms with Crippen LogP contribution < -0.4 is 5.32 Å². The Morgan fingerprint density at radius 3 is 2.38 bits per heavy atom. The first-order valence-corrected chi connectivity index (χ1v) is 9.36. The number of likely N-dealkylation sites (tertiary alicyclic amines) is 1. The summed E-state index contributed by atoms with van der Waals surface area (Å²) < 4.78 is 0. The van der Waals surface area contributed by atoms with Gasteiger partial charge in [0.1, 0.15) is 0 Å². The van der Waals surface area contributed by atoms with E-state index in [4.69, 9.17) is 23.2 Å². The smallest absolute Gasteiger partial charge is 0.255 e. The van der Waals surface area contributed by atoms with E-state index in [0.717, 1.165) is 5.56 Å². The molecule has 1 saturated heterocycles. The van der Waals surface area contributed by atoms with Gasteiger partial charge in [0, 0.05) is 30.6 Å². The lowest BCUT2D eigenvalue weighted by Crippen LogP contribution is -2.43. The number of hydrogen-bond acceptors (Lipinski definition) is 2. The molecule has 2 aromatic rings. The molecule has 0 unspecified atom stereocenters. The molecule has 0 aromatic heterocycles. The second-order valence-electron chi connectivity index (χ2n) is 6.39. The van der Waals surface area contributed by atoms with Crippen molar-refractivity contribution in [2.45, 2.75) is 19.4 Å². The van der Waals surface area contributed by atoms with Crippen LogP contribution in [-0.2, 0) is 11.3 Å². The maximum atomic E-state index is 12.6. The molecule has 2 aromatic carbocycles. The third-order valence-electron chi connectivity index (χ3n) is 4.62. The number of nitrogens with one attached hydrogen (secondary N) is 1. The molecule has 0 bridgehead atoms. The van der Waals surface area contributed by atoms with Crippen LogP contribution in [0.15, 0.2) is 48.5 Å². The molecule has 0 aliphatic carbocycles. The Hall–Kier alpha value is -2.04. The predicted octanol–water partition coefficient (Wildman–Crippen LogP) is 4.16. The second-order valence-corrected chi connectivity index (χ2v) is 7.24. The van der Waals surface area contributed by atoms with Crippen LogP contribution >= 0.6 is 23.2 Å². The molecule has 1 heterocycles. The minimum Gasteiger partial charge on any atom is -0.352 e. The van der Waals surface area contributed by atoms with E-state index in [1.807, 2.05) is 30.3 Å². The number of benzene rings is 2. The number of rotatable bonds is 4. The lowest BCUT2D eigenvalue weighted by atomic mass is 9.95. The van der Waals surface area contributed by atoms with Crippen molar-refractivity contribution in [2.75, 3.05) is 13.1 Å². The van der Waals surface area contributed by atoms with Gasteiger partial charge in [0.2, 0.25) is 5.91 Å². The Morgan fingerprint density at radius 1 is 1.04 bits per heavy atom. The normalized spacial score (nSPS) is 14.9. The van der Waals surface area contributed by atoms with E-state index in [1.165, 1.54) is 0 Å². The molecule has 4 nitrogen and oxygen atoms in total. The van der Waals surface area contributed by atoms with E-state index < -0.39 is 0 Å². The topological polar surface area (TPSA) is 49.4 Å². The lowest BCUT2D eigenvalue weighted by Gasteiger charge is -2.31. The first-order valence-electron chi connectivity index (χ1n) is 8.60. The second kappa shape index (κ2) is 8.56. The minimum absolute atomic E-state index is 0.0467. The molecule has 1 aliphatic heterocycles. The fraction of sp³-hybridized carbons (Fsp3) is 0.300. The molecule has 0 spiro atoms. The first-order chi connectivity index (χ1) is 12.5. The van der Waals surface area contributed by atoms with E-state index in [2.05, 4.69) is 5.32 Å². The summed E-state index contributed by atoms with van der Waals surface area (Å²) in [6.07, 6.45) is 1.30. The molecular formula is C20H20Cl2N2O2. The van der Waals surface area contributed by atoms with Crippen molar-refractivity contribution in [3.63, 3.8) is 0 Å². The molecule has 1 N–H and O–H groups in total. The predicted molar refractivity (Wildman–Crippen MR) is 103 cm³/mol. The van der Waals surface area contributed by atoms with Crippen LogP contribution in [0.5, 0.6) is 0 Å². The van der Waals surface area contributed by atoms with Gasteiger partial charge in [0.25, 0.3) is 5.91 Å². The molecule has 0 saturated carbocycles. The van der Waals surface area contributed by atoms with Gasteiger partial charge in [-0.05, 0) is 36.6 Å². The van der Waals surface area contributed by atoms with Gasteiger partial charge in [0.05, 0.1) is 10.6 Å². The molecule has 2 amide bonds. The van der Waals surface area contributed by atoms with Crippen molar-refractivity contribution < 1.29 is 9.59 Å². The van der Waals surface area contributed by atoms with Gasteiger partial charge in [-0.25, -0.2) is 0 Å². The third-order valence-corrected chi connectivity index (χ3v) is 5.17. The Balaban J connectivity index is 1.52. The van der Waals surface area contributed by atoms with Crippen molar-refractivity contribution in [2.24, 2.45) is 5.92 Å². The van der Waals surface area contributed by atoms with Gasteiger partial charge < -0.3 is 10.2 Å². The van der Waals surface area contributed by atoms with E-state index >= 15 is 0 Å². The molecule has 0 radical (unpaired) electrons. The highest BCUT2D eigenvalue weighted by atomic mass is 35.5. The molecule has 6 heteroatoms. The summed E-state index contributed by atoms with van der Waals surface area (Å²) in [6.45, 7) is 1.61. The van der Waals surface area contributed by atoms with Crippen LogP contribution in [-0.4, -0.2) is 29.8 Å². The molecule has 1 fully saturated rings. The summed E-state index contributed by atoms with van der Waals surface area (Å²) in [4.78, 5) is 26.7. The number of piperidine rings is 1. The average molecular weight is 391 g/mol. The SMILES string of the molecule is O=C(NCc1ccccc1)C1CCN(C(=O)c2ccc(Cl)cc2Cl)CC1. The molecule has 136 valence electrons. The van der Waals surface area contributed by atoms with Crippen molar-refractivity contribution in [3.05, 3.63) is 69.7 Å². The highest BCUT2D eigenvalue weighted by Crippen LogP contribution is 2.25. The number of nitrogens with zero attached hydrogens (tertiary/aromatic N) is 1. The number of hydrogen-bond donors (Lipinski definition) is 1. The molecule has 3 rings (SSSR count). The molecular weight excluding hydrogens is 371 g/mol. The van der Waals surface area contributed by atoms with Gasteiger partial charge in [-0.2, -0.15) is 0 Å². The van der Waals surface area contributed by atoms with Gasteiger partial charge in [-0.1, -0.05) is 53.5 Å². The van der Waals surface area contributed by atoms with Crippen LogP contribution in [0, 0.1) is 5.92 Å². The zero-order chi connectivity index (χ0) is 18.5. The van der Waals surface area contributed by atoms with Crippen molar-refractivity contribution >= 4 is 35.0 Å². The molecule has 1 aliphatic rings. The maximum Gasteiger partial charge on any atom is 0.255 e. The lowest BCUT2D eigenvalue weighted by molar-refractivity contribution is -0.126. The van der Waals surface area contributed by atoms with Gasteiger partial charge in [-0.15, -0.1) is 0 Å². The number of carbonyl (C=O) groups excluding carboxylic acids is 2. The average Bonchev–Trinajstić information content (AvgIpc) is 2.66. The number of amides is 2. The molecule has 0 atom stereocenters. The van der Waals surface area contributed by atoms with Crippen LogP contribution in [0.2, 0.25) is 10.0 Å². The maximum absolute atomic E-state index is 12.6. The highest BCUT2D eigenvalue weighted by Gasteiger charge is 2.28. The fourth-order valence-corrected chi connectivity index (χ4v) is 3.60. The Labute approximate surface area is 163 Å². The van der Waals surface area contributed by atoms with Crippen molar-refractivity contribution in [1.82, 2.24) is 10.2 Å². The van der Waals surface area contributed by atoms with Crippen molar-refractivity contribution in [3.8, 4) is 0 Å². The summed E-state index contributed by atoms with van der Waals surface area (Å²) in [5.41, 5.74) is 1.52. The Kier molecular flexibility index (Phi) is 6.17. The van der Waals surface area contributed by atoms with Crippen molar-refractivity contribution in [1.29, 1.82) is 0 Å². The third kappa shape index (κ3) is 4.57. The zero-order valence-electron chi connectivity index (χ0n) is 14.3. The first kappa shape index (κ1) is 18.7. The summed E-state index contributed by atoms with van der Waals surface area (Å²) in [6, 6.07) is 14.7. The summed E-state index contributed by atoms with van der Waals surface area (Å²) in [7, 11) is 0. The van der Waals surface area contributed by atoms with Crippen LogP contribution in [0.25, 0.3) is 0 Å². The van der Waals surface area contributed by atoms with E-state index in [1.54, 1.807) is 23.1 Å². The standard InChI is InChI=1S/C20H20Cl2N2O2/c21-16-6-7-17(18(22)12-16)20(26)24-10-8-15(9-11-24)19(25)23-13-14-4-2-1-3-5-14/h1-7,12,15H,8-11,13H2,(H,23,25). The van der Waals surface area contributed by atoms with Gasteiger partial charge in [0.15, 0.2) is 0 Å². The largest absolute Gasteiger partial charge is 0.352 e. The summed E-state index contributed by atoms with van der Waals surface area (Å²) >= 11 is 12.0. The highest BCUT2D eigenvalue weighted by molar-refractivity contribution is 6.36. The van der Waals surface area contributed by atoms with Gasteiger partial charge in [-0.3, -0.25) is 9.59 Å². The quantitative estimate of drug-likeness (QED) is 0.851. The fourth-order valence-electron chi connectivity index (χ4n) is 3.11. The Morgan fingerprint density at radius 2 is 1.73 bits per heavy atom. The summed E-state index contributed by atoms with van der Waals surface area (Å²) in [5.74, 6) is -0.135. The number of carbonyl (C=O) groups is 2.